The molecule has 3 heterocycles. The molecule has 5 rings (SSSR count). The largest absolute Gasteiger partial charge is 0.573 e. The van der Waals surface area contributed by atoms with Crippen LogP contribution in [-0.4, -0.2) is 59.2 Å². The number of ether oxygens (including phenoxy) is 1. The Hall–Kier alpha value is -4.12. The van der Waals surface area contributed by atoms with Crippen molar-refractivity contribution in [2.24, 2.45) is 0 Å². The van der Waals surface area contributed by atoms with Gasteiger partial charge in [-0.3, -0.25) is 4.79 Å². The Morgan fingerprint density at radius 3 is 2.45 bits per heavy atom. The third-order valence-corrected chi connectivity index (χ3v) is 6.51. The van der Waals surface area contributed by atoms with Crippen molar-refractivity contribution in [1.29, 1.82) is 0 Å². The van der Waals surface area contributed by atoms with Gasteiger partial charge in [0.15, 0.2) is 0 Å². The van der Waals surface area contributed by atoms with Crippen LogP contribution in [-0.2, 0) is 6.54 Å². The lowest BCUT2D eigenvalue weighted by Gasteiger charge is -2.34. The van der Waals surface area contributed by atoms with Gasteiger partial charge in [0.2, 0.25) is 5.82 Å². The highest BCUT2D eigenvalue weighted by Gasteiger charge is 2.31. The summed E-state index contributed by atoms with van der Waals surface area (Å²) in [6.45, 7) is 6.14. The van der Waals surface area contributed by atoms with E-state index in [1.807, 2.05) is 25.1 Å². The first kappa shape index (κ1) is 25.5. The van der Waals surface area contributed by atoms with Gasteiger partial charge in [0.1, 0.15) is 11.3 Å². The molecular weight excluding hydrogens is 499 g/mol. The van der Waals surface area contributed by atoms with E-state index in [0.717, 1.165) is 55.3 Å². The summed E-state index contributed by atoms with van der Waals surface area (Å²) in [5.41, 5.74) is 3.29. The van der Waals surface area contributed by atoms with E-state index < -0.39 is 6.36 Å². The van der Waals surface area contributed by atoms with Gasteiger partial charge in [-0.15, -0.1) is 13.2 Å². The van der Waals surface area contributed by atoms with Crippen molar-refractivity contribution in [2.45, 2.75) is 19.8 Å². The Balaban J connectivity index is 1.37. The molecule has 0 spiro atoms. The number of alkyl halides is 3. The van der Waals surface area contributed by atoms with Gasteiger partial charge in [-0.05, 0) is 68.1 Å². The highest BCUT2D eigenvalue weighted by Crippen LogP contribution is 2.26. The number of nitrogens with zero attached hydrogens (tertiary/aromatic N) is 5. The Kier molecular flexibility index (Phi) is 6.94. The van der Waals surface area contributed by atoms with E-state index in [1.54, 1.807) is 10.6 Å². The van der Waals surface area contributed by atoms with E-state index in [9.17, 15) is 18.0 Å². The number of anilines is 1. The fourth-order valence-electron chi connectivity index (χ4n) is 4.38. The molecule has 0 radical (unpaired) electrons. The molecule has 1 fully saturated rings. The van der Waals surface area contributed by atoms with Gasteiger partial charge >= 0.3 is 6.36 Å². The maximum atomic E-state index is 13.4. The second-order valence-electron chi connectivity index (χ2n) is 9.24. The lowest BCUT2D eigenvalue weighted by atomic mass is 10.1. The van der Waals surface area contributed by atoms with E-state index in [4.69, 9.17) is 4.52 Å². The lowest BCUT2D eigenvalue weighted by molar-refractivity contribution is -0.274. The second-order valence-corrected chi connectivity index (χ2v) is 9.24. The number of aromatic nitrogens is 3. The van der Waals surface area contributed by atoms with Gasteiger partial charge in [0.25, 0.3) is 11.4 Å². The van der Waals surface area contributed by atoms with Crippen LogP contribution in [0.3, 0.4) is 0 Å². The summed E-state index contributed by atoms with van der Waals surface area (Å²) in [5.74, 6) is -0.186. The van der Waals surface area contributed by atoms with E-state index in [0.29, 0.717) is 12.1 Å². The zero-order valence-corrected chi connectivity index (χ0v) is 20.9. The summed E-state index contributed by atoms with van der Waals surface area (Å²) in [7, 11) is 2.12. The number of aryl methyl sites for hydroxylation is 1. The molecule has 2 aromatic heterocycles. The summed E-state index contributed by atoms with van der Waals surface area (Å²) >= 11 is 0. The van der Waals surface area contributed by atoms with Gasteiger partial charge in [0, 0.05) is 43.1 Å². The fraction of sp³-hybridized carbons (Fsp3) is 0.296. The third-order valence-electron chi connectivity index (χ3n) is 6.51. The first-order valence-electron chi connectivity index (χ1n) is 12.1. The average Bonchev–Trinajstić information content (AvgIpc) is 3.37. The summed E-state index contributed by atoms with van der Waals surface area (Å²) in [5, 5.41) is 3.91. The van der Waals surface area contributed by atoms with Gasteiger partial charge in [-0.1, -0.05) is 17.3 Å². The molecule has 11 heteroatoms. The number of piperazine rings is 1. The Labute approximate surface area is 216 Å². The Morgan fingerprint density at radius 2 is 1.74 bits per heavy atom. The number of likely N-dealkylation sites (N-methyl/N-ethyl adjacent to an activating group) is 1. The van der Waals surface area contributed by atoms with Crippen LogP contribution >= 0.6 is 0 Å². The van der Waals surface area contributed by atoms with Crippen molar-refractivity contribution in [3.05, 3.63) is 82.3 Å². The molecule has 198 valence electrons. The first-order chi connectivity index (χ1) is 18.2. The van der Waals surface area contributed by atoms with Crippen LogP contribution in [0.25, 0.3) is 22.8 Å². The van der Waals surface area contributed by atoms with Crippen molar-refractivity contribution in [3.8, 4) is 28.6 Å². The third kappa shape index (κ3) is 5.72. The van der Waals surface area contributed by atoms with E-state index >= 15 is 0 Å². The van der Waals surface area contributed by atoms with Crippen LogP contribution in [0, 0.1) is 6.92 Å². The molecule has 2 aromatic carbocycles. The molecular formula is C27H26F3N5O3. The monoisotopic (exact) mass is 525 g/mol. The minimum absolute atomic E-state index is 0.0283. The molecule has 0 unspecified atom stereocenters. The molecule has 0 amide bonds. The lowest BCUT2D eigenvalue weighted by Crippen LogP contribution is -2.44. The minimum Gasteiger partial charge on any atom is -0.406 e. The molecule has 0 atom stereocenters. The van der Waals surface area contributed by atoms with Crippen molar-refractivity contribution >= 4 is 5.69 Å². The van der Waals surface area contributed by atoms with Crippen LogP contribution in [0.5, 0.6) is 5.75 Å². The number of pyridine rings is 1. The Morgan fingerprint density at radius 1 is 1.00 bits per heavy atom. The summed E-state index contributed by atoms with van der Waals surface area (Å²) in [6.07, 6.45) is -4.78. The van der Waals surface area contributed by atoms with E-state index in [1.165, 1.54) is 12.1 Å². The SMILES string of the molecule is Cc1ccc(-c2nc(-c3ccc(OC(F)(F)F)cc3)no2)c(=O)n1Cc1cccc(N2CCN(C)CC2)c1. The molecule has 1 saturated heterocycles. The molecule has 1 aliphatic heterocycles. The maximum absolute atomic E-state index is 13.4. The number of rotatable bonds is 6. The van der Waals surface area contributed by atoms with E-state index in [2.05, 4.69) is 43.9 Å². The molecule has 0 saturated carbocycles. The van der Waals surface area contributed by atoms with E-state index in [-0.39, 0.29) is 28.6 Å². The van der Waals surface area contributed by atoms with Gasteiger partial charge in [0.05, 0.1) is 6.54 Å². The second kappa shape index (κ2) is 10.3. The molecule has 38 heavy (non-hydrogen) atoms. The highest BCUT2D eigenvalue weighted by molar-refractivity contribution is 5.60. The summed E-state index contributed by atoms with van der Waals surface area (Å²) in [6, 6.07) is 16.7. The first-order valence-corrected chi connectivity index (χ1v) is 12.1. The Bertz CT molecular complexity index is 1470. The quantitative estimate of drug-likeness (QED) is 0.365. The zero-order valence-electron chi connectivity index (χ0n) is 20.9. The zero-order chi connectivity index (χ0) is 26.9. The van der Waals surface area contributed by atoms with Crippen LogP contribution in [0.1, 0.15) is 11.3 Å². The van der Waals surface area contributed by atoms with Crippen molar-refractivity contribution in [2.75, 3.05) is 38.1 Å². The topological polar surface area (TPSA) is 76.6 Å². The predicted molar refractivity (Wildman–Crippen MR) is 136 cm³/mol. The molecule has 1 aliphatic rings. The van der Waals surface area contributed by atoms with Crippen molar-refractivity contribution in [3.63, 3.8) is 0 Å². The number of benzene rings is 2. The highest BCUT2D eigenvalue weighted by atomic mass is 19.4. The van der Waals surface area contributed by atoms with Gasteiger partial charge < -0.3 is 23.6 Å². The van der Waals surface area contributed by atoms with Crippen LogP contribution in [0.4, 0.5) is 18.9 Å². The van der Waals surface area contributed by atoms with Crippen LogP contribution in [0.15, 0.2) is 70.0 Å². The van der Waals surface area contributed by atoms with Gasteiger partial charge in [-0.25, -0.2) is 0 Å². The molecule has 8 nitrogen and oxygen atoms in total. The van der Waals surface area contributed by atoms with Crippen molar-refractivity contribution < 1.29 is 22.4 Å². The number of hydrogen-bond acceptors (Lipinski definition) is 7. The summed E-state index contributed by atoms with van der Waals surface area (Å²) in [4.78, 5) is 22.4. The standard InChI is InChI=1S/C27H26F3N5O3/c1-18-6-11-23(25-31-24(32-38-25)20-7-9-22(10-8-20)37-27(28,29)30)26(36)35(18)17-19-4-3-5-21(16-19)34-14-12-33(2)13-15-34/h3-11,16H,12-15,17H2,1-2H3. The summed E-state index contributed by atoms with van der Waals surface area (Å²) < 4.78 is 48.1. The fourth-order valence-corrected chi connectivity index (χ4v) is 4.38. The smallest absolute Gasteiger partial charge is 0.406 e. The van der Waals surface area contributed by atoms with Crippen LogP contribution < -0.4 is 15.2 Å². The molecule has 0 N–H and O–H groups in total. The predicted octanol–water partition coefficient (Wildman–Crippen LogP) is 4.57. The normalized spacial score (nSPS) is 14.6. The minimum atomic E-state index is -4.78. The average molecular weight is 526 g/mol. The number of hydrogen-bond donors (Lipinski definition) is 0. The van der Waals surface area contributed by atoms with Gasteiger partial charge in [-0.2, -0.15) is 4.98 Å². The molecule has 0 aliphatic carbocycles. The number of halogens is 3. The van der Waals surface area contributed by atoms with Crippen molar-refractivity contribution in [1.82, 2.24) is 19.6 Å². The molecule has 0 bridgehead atoms. The molecule has 4 aromatic rings. The maximum Gasteiger partial charge on any atom is 0.573 e. The van der Waals surface area contributed by atoms with Crippen LogP contribution in [0.2, 0.25) is 0 Å².